The zero-order valence-electron chi connectivity index (χ0n) is 9.08. The maximum Gasteiger partial charge on any atom is 0.0401 e. The first kappa shape index (κ1) is 9.08. The van der Waals surface area contributed by atoms with Gasteiger partial charge in [-0.05, 0) is 42.5 Å². The molecule has 3 rings (SSSR count). The molecule has 0 spiro atoms. The Kier molecular flexibility index (Phi) is 2.08. The standard InChI is InChI=1S/C13H18N2/c14-12-3-4-13-11(9-12)6-8-15(13)7-5-10-1-2-10/h3-4,9-10H,1-2,5-8,14H2. The molecule has 1 aliphatic heterocycles. The van der Waals surface area contributed by atoms with E-state index in [2.05, 4.69) is 17.0 Å². The minimum atomic E-state index is 0.901. The third kappa shape index (κ3) is 1.81. The van der Waals surface area contributed by atoms with E-state index < -0.39 is 0 Å². The predicted octanol–water partition coefficient (Wildman–Crippen LogP) is 2.43. The summed E-state index contributed by atoms with van der Waals surface area (Å²) in [5, 5.41) is 0. The van der Waals surface area contributed by atoms with Gasteiger partial charge in [0.25, 0.3) is 0 Å². The average molecular weight is 202 g/mol. The van der Waals surface area contributed by atoms with Gasteiger partial charge in [0, 0.05) is 24.5 Å². The summed E-state index contributed by atoms with van der Waals surface area (Å²) in [5.74, 6) is 1.03. The maximum absolute atomic E-state index is 5.79. The Balaban J connectivity index is 1.72. The van der Waals surface area contributed by atoms with Crippen molar-refractivity contribution in [3.63, 3.8) is 0 Å². The molecule has 0 radical (unpaired) electrons. The van der Waals surface area contributed by atoms with Crippen molar-refractivity contribution in [2.45, 2.75) is 25.7 Å². The Hall–Kier alpha value is -1.18. The van der Waals surface area contributed by atoms with Gasteiger partial charge in [0.2, 0.25) is 0 Å². The topological polar surface area (TPSA) is 29.3 Å². The molecule has 0 bridgehead atoms. The summed E-state index contributed by atoms with van der Waals surface area (Å²) in [6.45, 7) is 2.42. The molecule has 0 unspecified atom stereocenters. The van der Waals surface area contributed by atoms with Crippen molar-refractivity contribution in [3.05, 3.63) is 23.8 Å². The van der Waals surface area contributed by atoms with Crippen molar-refractivity contribution in [3.8, 4) is 0 Å². The Morgan fingerprint density at radius 2 is 2.20 bits per heavy atom. The zero-order chi connectivity index (χ0) is 10.3. The summed E-state index contributed by atoms with van der Waals surface area (Å²) in [4.78, 5) is 2.52. The number of hydrogen-bond acceptors (Lipinski definition) is 2. The van der Waals surface area contributed by atoms with Crippen LogP contribution in [0.15, 0.2) is 18.2 Å². The molecule has 1 saturated carbocycles. The Bertz CT molecular complexity index is 369. The Morgan fingerprint density at radius 3 is 3.00 bits per heavy atom. The third-order valence-electron chi connectivity index (χ3n) is 3.60. The number of nitrogen functional groups attached to an aromatic ring is 1. The largest absolute Gasteiger partial charge is 0.399 e. The number of hydrogen-bond donors (Lipinski definition) is 1. The first-order valence-corrected chi connectivity index (χ1v) is 5.96. The molecular weight excluding hydrogens is 184 g/mol. The van der Waals surface area contributed by atoms with Crippen LogP contribution in [0, 0.1) is 5.92 Å². The lowest BCUT2D eigenvalue weighted by molar-refractivity contribution is 0.691. The molecule has 0 amide bonds. The fraction of sp³-hybridized carbons (Fsp3) is 0.538. The quantitative estimate of drug-likeness (QED) is 0.763. The summed E-state index contributed by atoms with van der Waals surface area (Å²) in [7, 11) is 0. The van der Waals surface area contributed by atoms with Crippen molar-refractivity contribution < 1.29 is 0 Å². The molecule has 2 nitrogen and oxygen atoms in total. The summed E-state index contributed by atoms with van der Waals surface area (Å²) in [6, 6.07) is 6.34. The fourth-order valence-corrected chi connectivity index (χ4v) is 2.47. The van der Waals surface area contributed by atoms with Crippen LogP contribution in [0.4, 0.5) is 11.4 Å². The van der Waals surface area contributed by atoms with Gasteiger partial charge in [-0.25, -0.2) is 0 Å². The molecular formula is C13H18N2. The monoisotopic (exact) mass is 202 g/mol. The van der Waals surface area contributed by atoms with Gasteiger partial charge in [-0.1, -0.05) is 12.8 Å². The van der Waals surface area contributed by atoms with Crippen LogP contribution < -0.4 is 10.6 Å². The minimum Gasteiger partial charge on any atom is -0.399 e. The zero-order valence-corrected chi connectivity index (χ0v) is 9.08. The van der Waals surface area contributed by atoms with Gasteiger partial charge < -0.3 is 10.6 Å². The number of nitrogens with two attached hydrogens (primary N) is 1. The Labute approximate surface area is 91.1 Å². The summed E-state index contributed by atoms with van der Waals surface area (Å²) in [5.41, 5.74) is 9.55. The SMILES string of the molecule is Nc1ccc2c(c1)CCN2CCC1CC1. The minimum absolute atomic E-state index is 0.901. The van der Waals surface area contributed by atoms with Gasteiger partial charge in [0.05, 0.1) is 0 Å². The highest BCUT2D eigenvalue weighted by molar-refractivity contribution is 5.62. The van der Waals surface area contributed by atoms with Gasteiger partial charge in [-0.15, -0.1) is 0 Å². The van der Waals surface area contributed by atoms with Crippen LogP contribution >= 0.6 is 0 Å². The smallest absolute Gasteiger partial charge is 0.0401 e. The lowest BCUT2D eigenvalue weighted by Gasteiger charge is -2.19. The van der Waals surface area contributed by atoms with Crippen LogP contribution in [0.2, 0.25) is 0 Å². The van der Waals surface area contributed by atoms with E-state index in [9.17, 15) is 0 Å². The molecule has 2 N–H and O–H groups in total. The van der Waals surface area contributed by atoms with E-state index in [1.807, 2.05) is 6.07 Å². The number of anilines is 2. The van der Waals surface area contributed by atoms with Crippen molar-refractivity contribution in [2.24, 2.45) is 5.92 Å². The normalized spacial score (nSPS) is 19.3. The molecule has 0 atom stereocenters. The molecule has 1 aromatic carbocycles. The van der Waals surface area contributed by atoms with Crippen molar-refractivity contribution >= 4 is 11.4 Å². The Morgan fingerprint density at radius 1 is 1.33 bits per heavy atom. The maximum atomic E-state index is 5.79. The van der Waals surface area contributed by atoms with E-state index in [-0.39, 0.29) is 0 Å². The van der Waals surface area contributed by atoms with Gasteiger partial charge in [-0.2, -0.15) is 0 Å². The van der Waals surface area contributed by atoms with Gasteiger partial charge in [0.15, 0.2) is 0 Å². The number of nitrogens with zero attached hydrogens (tertiary/aromatic N) is 1. The van der Waals surface area contributed by atoms with Crippen LogP contribution in [0.25, 0.3) is 0 Å². The molecule has 2 heteroatoms. The molecule has 1 aliphatic carbocycles. The molecule has 1 heterocycles. The van der Waals surface area contributed by atoms with Gasteiger partial charge in [-0.3, -0.25) is 0 Å². The lowest BCUT2D eigenvalue weighted by atomic mass is 10.1. The molecule has 0 aromatic heterocycles. The second-order valence-corrected chi connectivity index (χ2v) is 4.86. The molecule has 80 valence electrons. The van der Waals surface area contributed by atoms with Crippen LogP contribution in [0.5, 0.6) is 0 Å². The first-order chi connectivity index (χ1) is 7.33. The van der Waals surface area contributed by atoms with E-state index in [1.54, 1.807) is 0 Å². The fourth-order valence-electron chi connectivity index (χ4n) is 2.47. The number of rotatable bonds is 3. The molecule has 1 fully saturated rings. The molecule has 15 heavy (non-hydrogen) atoms. The van der Waals surface area contributed by atoms with Gasteiger partial charge in [0.1, 0.15) is 0 Å². The average Bonchev–Trinajstić information content (AvgIpc) is 2.97. The van der Waals surface area contributed by atoms with E-state index in [0.717, 1.165) is 11.6 Å². The highest BCUT2D eigenvalue weighted by Gasteiger charge is 2.24. The van der Waals surface area contributed by atoms with Crippen molar-refractivity contribution in [2.75, 3.05) is 23.7 Å². The van der Waals surface area contributed by atoms with Crippen LogP contribution in [0.1, 0.15) is 24.8 Å². The van der Waals surface area contributed by atoms with E-state index in [1.165, 1.54) is 50.0 Å². The lowest BCUT2D eigenvalue weighted by Crippen LogP contribution is -2.21. The second-order valence-electron chi connectivity index (χ2n) is 4.86. The van der Waals surface area contributed by atoms with E-state index in [0.29, 0.717) is 0 Å². The van der Waals surface area contributed by atoms with Gasteiger partial charge >= 0.3 is 0 Å². The van der Waals surface area contributed by atoms with E-state index in [4.69, 9.17) is 5.73 Å². The predicted molar refractivity (Wildman–Crippen MR) is 64.1 cm³/mol. The number of fused-ring (bicyclic) bond motifs is 1. The van der Waals surface area contributed by atoms with E-state index >= 15 is 0 Å². The second kappa shape index (κ2) is 3.44. The highest BCUT2D eigenvalue weighted by atomic mass is 15.1. The molecule has 2 aliphatic rings. The third-order valence-corrected chi connectivity index (χ3v) is 3.60. The number of benzene rings is 1. The molecule has 1 aromatic rings. The summed E-state index contributed by atoms with van der Waals surface area (Å²) in [6.07, 6.45) is 5.47. The van der Waals surface area contributed by atoms with Crippen LogP contribution in [-0.2, 0) is 6.42 Å². The highest BCUT2D eigenvalue weighted by Crippen LogP contribution is 2.35. The molecule has 0 saturated heterocycles. The first-order valence-electron chi connectivity index (χ1n) is 5.96. The van der Waals surface area contributed by atoms with Crippen LogP contribution in [-0.4, -0.2) is 13.1 Å². The van der Waals surface area contributed by atoms with Crippen molar-refractivity contribution in [1.29, 1.82) is 0 Å². The summed E-state index contributed by atoms with van der Waals surface area (Å²) < 4.78 is 0. The summed E-state index contributed by atoms with van der Waals surface area (Å²) >= 11 is 0. The van der Waals surface area contributed by atoms with Crippen LogP contribution in [0.3, 0.4) is 0 Å². The van der Waals surface area contributed by atoms with Crippen molar-refractivity contribution in [1.82, 2.24) is 0 Å².